The Balaban J connectivity index is 1.69. The van der Waals surface area contributed by atoms with Gasteiger partial charge in [0.2, 0.25) is 10.0 Å². The lowest BCUT2D eigenvalue weighted by Crippen LogP contribution is -2.49. The largest absolute Gasteiger partial charge is 0.487 e. The van der Waals surface area contributed by atoms with Gasteiger partial charge in [0, 0.05) is 49.6 Å². The van der Waals surface area contributed by atoms with E-state index < -0.39 is 16.1 Å². The first-order valence-electron chi connectivity index (χ1n) is 11.8. The van der Waals surface area contributed by atoms with E-state index in [1.807, 2.05) is 26.1 Å². The second-order valence-corrected chi connectivity index (χ2v) is 11.3. The van der Waals surface area contributed by atoms with Crippen LogP contribution in [0.15, 0.2) is 47.9 Å². The molecular weight excluding hydrogens is 452 g/mol. The highest BCUT2D eigenvalue weighted by Gasteiger charge is 2.38. The predicted molar refractivity (Wildman–Crippen MR) is 131 cm³/mol. The average Bonchev–Trinajstić information content (AvgIpc) is 3.36. The molecular formula is C25H34N4O4S. The van der Waals surface area contributed by atoms with Crippen LogP contribution < -0.4 is 4.74 Å². The van der Waals surface area contributed by atoms with Gasteiger partial charge < -0.3 is 9.84 Å². The molecule has 4 rings (SSSR count). The summed E-state index contributed by atoms with van der Waals surface area (Å²) in [4.78, 5) is 10.5. The van der Waals surface area contributed by atoms with E-state index in [1.165, 1.54) is 16.2 Å². The van der Waals surface area contributed by atoms with E-state index in [0.29, 0.717) is 18.8 Å². The van der Waals surface area contributed by atoms with E-state index in [1.54, 1.807) is 25.4 Å². The monoisotopic (exact) mass is 486 g/mol. The maximum absolute atomic E-state index is 13.6. The molecule has 1 aromatic heterocycles. The molecule has 3 atom stereocenters. The van der Waals surface area contributed by atoms with Crippen molar-refractivity contribution in [2.45, 2.75) is 56.7 Å². The summed E-state index contributed by atoms with van der Waals surface area (Å²) in [5.41, 5.74) is 3.24. The third-order valence-corrected chi connectivity index (χ3v) is 8.66. The number of likely N-dealkylation sites (N-methyl/N-ethyl adjacent to an activating group) is 1. The fourth-order valence-electron chi connectivity index (χ4n) is 4.67. The molecule has 184 valence electrons. The number of nitrogens with zero attached hydrogens (tertiary/aromatic N) is 4. The minimum absolute atomic E-state index is 0.0965. The number of allylic oxidation sites excluding steroid dienone is 2. The van der Waals surface area contributed by atoms with Crippen molar-refractivity contribution in [2.24, 2.45) is 5.92 Å². The fraction of sp³-hybridized carbons (Fsp3) is 0.520. The predicted octanol–water partition coefficient (Wildman–Crippen LogP) is 2.94. The maximum atomic E-state index is 13.6. The standard InChI is InChI=1S/C25H34N4O4S/c1-18-13-29(19(2)16-30)34(31,32)25-9-8-22(21-6-4-5-7-21)10-23(25)33-24(18)15-28(3)14-20-11-26-17-27-12-20/h6,8-12,17-19,24,30H,4-5,7,13-16H2,1-3H3/t18-,19+,24+/m0/s1. The van der Waals surface area contributed by atoms with Crippen LogP contribution in [0.5, 0.6) is 5.75 Å². The van der Waals surface area contributed by atoms with Crippen LogP contribution in [0, 0.1) is 5.92 Å². The molecule has 8 nitrogen and oxygen atoms in total. The van der Waals surface area contributed by atoms with Crippen LogP contribution >= 0.6 is 0 Å². The van der Waals surface area contributed by atoms with E-state index in [-0.39, 0.29) is 30.1 Å². The molecule has 0 unspecified atom stereocenters. The van der Waals surface area contributed by atoms with Gasteiger partial charge in [-0.15, -0.1) is 0 Å². The quantitative estimate of drug-likeness (QED) is 0.643. The second-order valence-electron chi connectivity index (χ2n) is 9.47. The number of aromatic nitrogens is 2. The van der Waals surface area contributed by atoms with Gasteiger partial charge in [-0.2, -0.15) is 4.31 Å². The lowest BCUT2D eigenvalue weighted by molar-refractivity contribution is 0.0733. The summed E-state index contributed by atoms with van der Waals surface area (Å²) in [5, 5.41) is 9.81. The van der Waals surface area contributed by atoms with Crippen molar-refractivity contribution in [1.29, 1.82) is 0 Å². The third kappa shape index (κ3) is 5.33. The first-order chi connectivity index (χ1) is 16.3. The number of rotatable bonds is 7. The van der Waals surface area contributed by atoms with E-state index in [2.05, 4.69) is 20.9 Å². The highest BCUT2D eigenvalue weighted by molar-refractivity contribution is 7.89. The average molecular weight is 487 g/mol. The topological polar surface area (TPSA) is 95.9 Å². The van der Waals surface area contributed by atoms with Gasteiger partial charge in [-0.05, 0) is 56.5 Å². The van der Waals surface area contributed by atoms with E-state index in [9.17, 15) is 13.5 Å². The Morgan fingerprint density at radius 2 is 2.06 bits per heavy atom. The van der Waals surface area contributed by atoms with Crippen LogP contribution in [0.25, 0.3) is 5.57 Å². The van der Waals surface area contributed by atoms with Gasteiger partial charge in [0.05, 0.1) is 6.61 Å². The summed E-state index contributed by atoms with van der Waals surface area (Å²) in [5.74, 6) is 0.286. The zero-order valence-corrected chi connectivity index (χ0v) is 20.9. The molecule has 2 aromatic rings. The number of aliphatic hydroxyl groups is 1. The summed E-state index contributed by atoms with van der Waals surface area (Å²) >= 11 is 0. The number of fused-ring (bicyclic) bond motifs is 1. The Kier molecular flexibility index (Phi) is 7.67. The summed E-state index contributed by atoms with van der Waals surface area (Å²) in [6.07, 6.45) is 10.2. The zero-order chi connectivity index (χ0) is 24.3. The Labute approximate surface area is 202 Å². The van der Waals surface area contributed by atoms with Gasteiger partial charge in [-0.1, -0.05) is 19.1 Å². The summed E-state index contributed by atoms with van der Waals surface area (Å²) in [6, 6.07) is 4.88. The molecule has 0 fully saturated rings. The van der Waals surface area contributed by atoms with Crippen LogP contribution in [0.3, 0.4) is 0 Å². The molecule has 0 amide bonds. The number of ether oxygens (including phenoxy) is 1. The van der Waals surface area contributed by atoms with E-state index in [4.69, 9.17) is 4.74 Å². The molecule has 1 aromatic carbocycles. The second kappa shape index (κ2) is 10.5. The number of sulfonamides is 1. The molecule has 0 saturated heterocycles. The first-order valence-corrected chi connectivity index (χ1v) is 13.3. The number of aliphatic hydroxyl groups excluding tert-OH is 1. The van der Waals surface area contributed by atoms with Gasteiger partial charge in [-0.3, -0.25) is 4.90 Å². The molecule has 0 saturated carbocycles. The molecule has 0 bridgehead atoms. The van der Waals surface area contributed by atoms with Crippen LogP contribution in [0.4, 0.5) is 0 Å². The van der Waals surface area contributed by atoms with Gasteiger partial charge in [0.25, 0.3) is 0 Å². The highest BCUT2D eigenvalue weighted by atomic mass is 32.2. The Morgan fingerprint density at radius 1 is 1.29 bits per heavy atom. The molecule has 1 N–H and O–H groups in total. The molecule has 2 heterocycles. The number of benzene rings is 1. The van der Waals surface area contributed by atoms with Crippen LogP contribution in [-0.2, 0) is 16.6 Å². The van der Waals surface area contributed by atoms with Gasteiger partial charge in [0.15, 0.2) is 0 Å². The molecule has 9 heteroatoms. The Bertz CT molecular complexity index is 1120. The lowest BCUT2D eigenvalue weighted by atomic mass is 10.0. The van der Waals surface area contributed by atoms with Crippen molar-refractivity contribution in [3.05, 3.63) is 54.1 Å². The van der Waals surface area contributed by atoms with Crippen molar-refractivity contribution in [2.75, 3.05) is 26.7 Å². The minimum Gasteiger partial charge on any atom is -0.487 e. The molecule has 1 aliphatic carbocycles. The van der Waals surface area contributed by atoms with Crippen molar-refractivity contribution < 1.29 is 18.3 Å². The zero-order valence-electron chi connectivity index (χ0n) is 20.1. The summed E-state index contributed by atoms with van der Waals surface area (Å²) in [7, 11) is -1.82. The van der Waals surface area contributed by atoms with Gasteiger partial charge in [0.1, 0.15) is 23.1 Å². The molecule has 1 aliphatic heterocycles. The van der Waals surface area contributed by atoms with Crippen molar-refractivity contribution in [3.63, 3.8) is 0 Å². The van der Waals surface area contributed by atoms with Crippen molar-refractivity contribution in [3.8, 4) is 5.75 Å². The van der Waals surface area contributed by atoms with Gasteiger partial charge in [-0.25, -0.2) is 18.4 Å². The molecule has 0 spiro atoms. The van der Waals surface area contributed by atoms with E-state index >= 15 is 0 Å². The number of hydrogen-bond donors (Lipinski definition) is 1. The van der Waals surface area contributed by atoms with Crippen LogP contribution in [0.1, 0.15) is 44.2 Å². The van der Waals surface area contributed by atoms with E-state index in [0.717, 1.165) is 30.4 Å². The molecule has 34 heavy (non-hydrogen) atoms. The Hall–Kier alpha value is -2.33. The maximum Gasteiger partial charge on any atom is 0.247 e. The summed E-state index contributed by atoms with van der Waals surface area (Å²) in [6.45, 7) is 5.02. The highest BCUT2D eigenvalue weighted by Crippen LogP contribution is 2.37. The lowest BCUT2D eigenvalue weighted by Gasteiger charge is -2.37. The van der Waals surface area contributed by atoms with Crippen LogP contribution in [0.2, 0.25) is 0 Å². The smallest absolute Gasteiger partial charge is 0.247 e. The SMILES string of the molecule is C[C@H](CO)N1C[C@H](C)[C@@H](CN(C)Cc2cncnc2)Oc2cc(C3=CCCC3)ccc2S1(=O)=O. The summed E-state index contributed by atoms with van der Waals surface area (Å²) < 4.78 is 35.2. The molecule has 2 aliphatic rings. The van der Waals surface area contributed by atoms with Crippen molar-refractivity contribution >= 4 is 15.6 Å². The normalized spacial score (nSPS) is 23.5. The third-order valence-electron chi connectivity index (χ3n) is 6.64. The minimum atomic E-state index is -3.83. The van der Waals surface area contributed by atoms with Crippen molar-refractivity contribution in [1.82, 2.24) is 19.2 Å². The molecule has 0 radical (unpaired) electrons. The Morgan fingerprint density at radius 3 is 2.74 bits per heavy atom. The fourth-order valence-corrected chi connectivity index (χ4v) is 6.50. The van der Waals surface area contributed by atoms with Gasteiger partial charge >= 0.3 is 0 Å². The number of hydrogen-bond acceptors (Lipinski definition) is 7. The first kappa shape index (κ1) is 24.8. The van der Waals surface area contributed by atoms with Crippen LogP contribution in [-0.4, -0.2) is 71.6 Å².